The summed E-state index contributed by atoms with van der Waals surface area (Å²) in [5, 5.41) is 11.5. The van der Waals surface area contributed by atoms with E-state index in [1.54, 1.807) is 4.90 Å². The lowest BCUT2D eigenvalue weighted by Gasteiger charge is -2.25. The zero-order chi connectivity index (χ0) is 15.2. The van der Waals surface area contributed by atoms with E-state index in [0.717, 1.165) is 31.7 Å². The highest BCUT2D eigenvalue weighted by molar-refractivity contribution is 6.00. The monoisotopic (exact) mass is 294 g/mol. The van der Waals surface area contributed by atoms with Crippen LogP contribution < -0.4 is 5.32 Å². The van der Waals surface area contributed by atoms with Gasteiger partial charge < -0.3 is 15.3 Å². The zero-order valence-electron chi connectivity index (χ0n) is 11.8. The molecule has 5 nitrogen and oxygen atoms in total. The van der Waals surface area contributed by atoms with Gasteiger partial charge in [0, 0.05) is 13.1 Å². The quantitative estimate of drug-likeness (QED) is 0.879. The molecule has 21 heavy (non-hydrogen) atoms. The third-order valence-corrected chi connectivity index (χ3v) is 3.62. The molecule has 1 aliphatic heterocycles. The van der Waals surface area contributed by atoms with Gasteiger partial charge in [0.25, 0.3) is 0 Å². The highest BCUT2D eigenvalue weighted by Crippen LogP contribution is 2.21. The molecule has 0 atom stereocenters. The summed E-state index contributed by atoms with van der Waals surface area (Å²) in [4.78, 5) is 24.9. The van der Waals surface area contributed by atoms with Crippen molar-refractivity contribution in [3.05, 3.63) is 29.6 Å². The lowest BCUT2D eigenvalue weighted by molar-refractivity contribution is 0.0697. The number of amides is 2. The summed E-state index contributed by atoms with van der Waals surface area (Å²) in [6.07, 6.45) is 5.15. The number of carboxylic acid groups (broad SMARTS) is 1. The number of aromatic carboxylic acids is 1. The number of para-hydroxylation sites is 1. The first-order valence-corrected chi connectivity index (χ1v) is 7.17. The Morgan fingerprint density at radius 3 is 2.33 bits per heavy atom. The van der Waals surface area contributed by atoms with E-state index in [4.69, 9.17) is 5.11 Å². The Hall–Kier alpha value is -2.11. The van der Waals surface area contributed by atoms with Gasteiger partial charge in [-0.15, -0.1) is 0 Å². The molecule has 1 aliphatic rings. The van der Waals surface area contributed by atoms with Crippen LogP contribution in [0.3, 0.4) is 0 Å². The van der Waals surface area contributed by atoms with Gasteiger partial charge in [0.15, 0.2) is 0 Å². The lowest BCUT2D eigenvalue weighted by atomic mass is 10.1. The maximum absolute atomic E-state index is 13.8. The second kappa shape index (κ2) is 7.06. The van der Waals surface area contributed by atoms with Gasteiger partial charge in [0.2, 0.25) is 0 Å². The van der Waals surface area contributed by atoms with Crippen LogP contribution in [-0.2, 0) is 0 Å². The smallest absolute Gasteiger partial charge is 0.337 e. The molecule has 0 aromatic heterocycles. The summed E-state index contributed by atoms with van der Waals surface area (Å²) in [6, 6.07) is 3.28. The lowest BCUT2D eigenvalue weighted by Crippen LogP contribution is -2.37. The van der Waals surface area contributed by atoms with Gasteiger partial charge in [0.05, 0.1) is 11.3 Å². The first-order valence-electron chi connectivity index (χ1n) is 7.17. The van der Waals surface area contributed by atoms with Crippen molar-refractivity contribution in [2.75, 3.05) is 18.4 Å². The number of halogens is 1. The molecule has 0 saturated carbocycles. The van der Waals surface area contributed by atoms with E-state index in [9.17, 15) is 14.0 Å². The molecule has 0 radical (unpaired) electrons. The second-order valence-electron chi connectivity index (χ2n) is 5.15. The maximum Gasteiger partial charge on any atom is 0.337 e. The average molecular weight is 294 g/mol. The number of anilines is 1. The molecule has 1 heterocycles. The number of nitrogens with one attached hydrogen (secondary N) is 1. The first kappa shape index (κ1) is 15.3. The molecule has 6 heteroatoms. The van der Waals surface area contributed by atoms with Crippen molar-refractivity contribution in [2.24, 2.45) is 0 Å². The summed E-state index contributed by atoms with van der Waals surface area (Å²) in [6.45, 7) is 1.23. The molecule has 0 spiro atoms. The predicted molar refractivity (Wildman–Crippen MR) is 77.0 cm³/mol. The van der Waals surface area contributed by atoms with Crippen LogP contribution in [0.2, 0.25) is 0 Å². The molecule has 0 unspecified atom stereocenters. The molecule has 0 bridgehead atoms. The van der Waals surface area contributed by atoms with Crippen molar-refractivity contribution in [3.63, 3.8) is 0 Å². The van der Waals surface area contributed by atoms with Crippen molar-refractivity contribution in [1.29, 1.82) is 0 Å². The third-order valence-electron chi connectivity index (χ3n) is 3.62. The normalized spacial score (nSPS) is 16.0. The van der Waals surface area contributed by atoms with Crippen molar-refractivity contribution in [3.8, 4) is 0 Å². The topological polar surface area (TPSA) is 69.6 Å². The van der Waals surface area contributed by atoms with Crippen LogP contribution in [0, 0.1) is 5.82 Å². The summed E-state index contributed by atoms with van der Waals surface area (Å²) in [5.41, 5.74) is -0.507. The minimum absolute atomic E-state index is 0.240. The highest BCUT2D eigenvalue weighted by Gasteiger charge is 2.20. The Balaban J connectivity index is 2.13. The van der Waals surface area contributed by atoms with Crippen molar-refractivity contribution >= 4 is 17.7 Å². The molecule has 1 fully saturated rings. The molecule has 0 aliphatic carbocycles. The van der Waals surface area contributed by atoms with Crippen LogP contribution in [-0.4, -0.2) is 35.1 Å². The van der Waals surface area contributed by atoms with E-state index in [0.29, 0.717) is 13.1 Å². The van der Waals surface area contributed by atoms with Crippen molar-refractivity contribution in [2.45, 2.75) is 32.1 Å². The minimum atomic E-state index is -1.27. The number of rotatable bonds is 2. The summed E-state index contributed by atoms with van der Waals surface area (Å²) in [7, 11) is 0. The van der Waals surface area contributed by atoms with Gasteiger partial charge in [-0.05, 0) is 25.0 Å². The number of carbonyl (C=O) groups is 2. The van der Waals surface area contributed by atoms with Gasteiger partial charge in [-0.2, -0.15) is 0 Å². The molecule has 1 aromatic carbocycles. The minimum Gasteiger partial charge on any atom is -0.478 e. The van der Waals surface area contributed by atoms with Crippen LogP contribution in [0.15, 0.2) is 18.2 Å². The van der Waals surface area contributed by atoms with E-state index >= 15 is 0 Å². The first-order chi connectivity index (χ1) is 10.1. The fourth-order valence-corrected chi connectivity index (χ4v) is 2.47. The number of likely N-dealkylation sites (tertiary alicyclic amines) is 1. The van der Waals surface area contributed by atoms with Crippen LogP contribution in [0.1, 0.15) is 42.5 Å². The largest absolute Gasteiger partial charge is 0.478 e. The average Bonchev–Trinajstić information content (AvgIpc) is 2.40. The maximum atomic E-state index is 13.8. The summed E-state index contributed by atoms with van der Waals surface area (Å²) in [5.74, 6) is -2.01. The Morgan fingerprint density at radius 1 is 1.10 bits per heavy atom. The molecule has 2 N–H and O–H groups in total. The van der Waals surface area contributed by atoms with E-state index in [-0.39, 0.29) is 11.3 Å². The SMILES string of the molecule is O=C(O)c1cccc(F)c1NC(=O)N1CCCCCCC1. The summed E-state index contributed by atoms with van der Waals surface area (Å²) >= 11 is 0. The van der Waals surface area contributed by atoms with Crippen LogP contribution in [0.25, 0.3) is 0 Å². The van der Waals surface area contributed by atoms with Gasteiger partial charge in [0.1, 0.15) is 5.82 Å². The van der Waals surface area contributed by atoms with Gasteiger partial charge >= 0.3 is 12.0 Å². The second-order valence-corrected chi connectivity index (χ2v) is 5.15. The number of carbonyl (C=O) groups excluding carboxylic acids is 1. The molecule has 2 rings (SSSR count). The molecule has 2 amide bonds. The Bertz CT molecular complexity index is 526. The molecule has 1 aromatic rings. The Morgan fingerprint density at radius 2 is 1.71 bits per heavy atom. The number of hydrogen-bond acceptors (Lipinski definition) is 2. The van der Waals surface area contributed by atoms with Crippen LogP contribution in [0.4, 0.5) is 14.9 Å². The Kier molecular flexibility index (Phi) is 5.14. The number of carboxylic acids is 1. The van der Waals surface area contributed by atoms with E-state index in [1.807, 2.05) is 0 Å². The summed E-state index contributed by atoms with van der Waals surface area (Å²) < 4.78 is 13.8. The standard InChI is InChI=1S/C15H19FN2O3/c16-12-8-6-7-11(14(19)20)13(12)17-15(21)18-9-4-2-1-3-5-10-18/h6-8H,1-5,9-10H2,(H,17,21)(H,19,20). The fourth-order valence-electron chi connectivity index (χ4n) is 2.47. The van der Waals surface area contributed by atoms with Gasteiger partial charge in [-0.1, -0.05) is 25.3 Å². The number of urea groups is 1. The van der Waals surface area contributed by atoms with Crippen molar-refractivity contribution in [1.82, 2.24) is 4.90 Å². The number of nitrogens with zero attached hydrogens (tertiary/aromatic N) is 1. The predicted octanol–water partition coefficient (Wildman–Crippen LogP) is 3.32. The number of benzene rings is 1. The van der Waals surface area contributed by atoms with Gasteiger partial charge in [-0.3, -0.25) is 0 Å². The van der Waals surface area contributed by atoms with Gasteiger partial charge in [-0.25, -0.2) is 14.0 Å². The molecular weight excluding hydrogens is 275 g/mol. The van der Waals surface area contributed by atoms with Crippen LogP contribution >= 0.6 is 0 Å². The molecular formula is C15H19FN2O3. The van der Waals surface area contributed by atoms with E-state index < -0.39 is 17.8 Å². The molecule has 1 saturated heterocycles. The Labute approximate surface area is 122 Å². The third kappa shape index (κ3) is 3.93. The van der Waals surface area contributed by atoms with E-state index in [2.05, 4.69) is 5.32 Å². The van der Waals surface area contributed by atoms with Crippen molar-refractivity contribution < 1.29 is 19.1 Å². The fraction of sp³-hybridized carbons (Fsp3) is 0.467. The highest BCUT2D eigenvalue weighted by atomic mass is 19.1. The molecule has 114 valence electrons. The zero-order valence-corrected chi connectivity index (χ0v) is 11.8. The van der Waals surface area contributed by atoms with Crippen LogP contribution in [0.5, 0.6) is 0 Å². The van der Waals surface area contributed by atoms with E-state index in [1.165, 1.54) is 18.6 Å². The number of hydrogen-bond donors (Lipinski definition) is 2.